The van der Waals surface area contributed by atoms with Gasteiger partial charge in [0.15, 0.2) is 0 Å². The molecule has 1 N–H and O–H groups in total. The van der Waals surface area contributed by atoms with Gasteiger partial charge in [0.25, 0.3) is 0 Å². The fourth-order valence-corrected chi connectivity index (χ4v) is 2.20. The number of carbonyl (C=O) groups excluding carboxylic acids is 1. The van der Waals surface area contributed by atoms with E-state index in [0.29, 0.717) is 0 Å². The van der Waals surface area contributed by atoms with Gasteiger partial charge in [0.05, 0.1) is 7.11 Å². The van der Waals surface area contributed by atoms with Crippen LogP contribution in [-0.4, -0.2) is 19.6 Å². The molecular weight excluding hydrogens is 238 g/mol. The number of aryl methyl sites for hydroxylation is 1. The minimum absolute atomic E-state index is 0.0274. The highest BCUT2D eigenvalue weighted by molar-refractivity contribution is 5.87. The Hall–Kier alpha value is -2.03. The van der Waals surface area contributed by atoms with Crippen molar-refractivity contribution in [3.63, 3.8) is 0 Å². The lowest BCUT2D eigenvalue weighted by atomic mass is 10.0. The van der Waals surface area contributed by atoms with Crippen LogP contribution < -0.4 is 10.1 Å². The first-order chi connectivity index (χ1) is 9.20. The molecule has 3 heteroatoms. The van der Waals surface area contributed by atoms with Crippen LogP contribution in [0.5, 0.6) is 5.75 Å². The fraction of sp³-hybridized carbons (Fsp3) is 0.312. The van der Waals surface area contributed by atoms with Gasteiger partial charge in [-0.3, -0.25) is 4.79 Å². The first-order valence-electron chi connectivity index (χ1n) is 6.51. The van der Waals surface area contributed by atoms with Crippen LogP contribution in [0, 0.1) is 0 Å². The zero-order valence-electron chi connectivity index (χ0n) is 11.4. The molecule has 0 saturated carbocycles. The average Bonchev–Trinajstić information content (AvgIpc) is 2.43. The summed E-state index contributed by atoms with van der Waals surface area (Å²) in [6, 6.07) is 12.4. The van der Waals surface area contributed by atoms with E-state index in [2.05, 4.69) is 35.6 Å². The molecule has 19 heavy (non-hydrogen) atoms. The Morgan fingerprint density at radius 2 is 2.11 bits per heavy atom. The first-order valence-corrected chi connectivity index (χ1v) is 6.51. The third-order valence-electron chi connectivity index (χ3n) is 3.18. The van der Waals surface area contributed by atoms with E-state index in [0.717, 1.165) is 25.1 Å². The summed E-state index contributed by atoms with van der Waals surface area (Å²) in [5.41, 5.74) is 1.29. The van der Waals surface area contributed by atoms with Crippen molar-refractivity contribution in [3.05, 3.63) is 42.0 Å². The van der Waals surface area contributed by atoms with Crippen LogP contribution in [-0.2, 0) is 11.2 Å². The second kappa shape index (κ2) is 6.23. The number of fused-ring (bicyclic) bond motifs is 1. The van der Waals surface area contributed by atoms with Crippen molar-refractivity contribution in [3.8, 4) is 5.75 Å². The fourth-order valence-electron chi connectivity index (χ4n) is 2.20. The molecule has 2 rings (SSSR count). The molecule has 3 nitrogen and oxygen atoms in total. The first kappa shape index (κ1) is 13.4. The van der Waals surface area contributed by atoms with Crippen molar-refractivity contribution in [1.29, 1.82) is 0 Å². The van der Waals surface area contributed by atoms with E-state index >= 15 is 0 Å². The Bertz CT molecular complexity index is 578. The largest absolute Gasteiger partial charge is 0.497 e. The Morgan fingerprint density at radius 1 is 1.26 bits per heavy atom. The van der Waals surface area contributed by atoms with Crippen LogP contribution in [0.4, 0.5) is 0 Å². The molecule has 0 saturated heterocycles. The zero-order valence-corrected chi connectivity index (χ0v) is 11.4. The van der Waals surface area contributed by atoms with E-state index in [9.17, 15) is 4.79 Å². The molecule has 0 heterocycles. The van der Waals surface area contributed by atoms with Crippen LogP contribution in [0.1, 0.15) is 18.9 Å². The standard InChI is InChI=1S/C16H19NO2/c1-12(18)17-10-4-7-13-5-3-6-14-8-9-15(19-2)11-16(13)14/h3,5-6,8-9,11H,4,7,10H2,1-2H3,(H,17,18). The van der Waals surface area contributed by atoms with Gasteiger partial charge in [-0.25, -0.2) is 0 Å². The molecule has 0 spiro atoms. The van der Waals surface area contributed by atoms with Gasteiger partial charge in [0.1, 0.15) is 5.75 Å². The van der Waals surface area contributed by atoms with Gasteiger partial charge in [-0.05, 0) is 41.3 Å². The number of methoxy groups -OCH3 is 1. The lowest BCUT2D eigenvalue weighted by Crippen LogP contribution is -2.21. The number of amides is 1. The topological polar surface area (TPSA) is 38.3 Å². The minimum Gasteiger partial charge on any atom is -0.497 e. The molecule has 2 aromatic rings. The summed E-state index contributed by atoms with van der Waals surface area (Å²) in [5, 5.41) is 5.27. The third-order valence-corrected chi connectivity index (χ3v) is 3.18. The predicted octanol–water partition coefficient (Wildman–Crippen LogP) is 2.92. The average molecular weight is 257 g/mol. The molecule has 0 atom stereocenters. The molecule has 0 aliphatic rings. The van der Waals surface area contributed by atoms with Crippen LogP contribution in [0.3, 0.4) is 0 Å². The number of ether oxygens (including phenoxy) is 1. The van der Waals surface area contributed by atoms with Crippen LogP contribution in [0.2, 0.25) is 0 Å². The molecule has 2 aromatic carbocycles. The second-order valence-corrected chi connectivity index (χ2v) is 4.59. The summed E-state index contributed by atoms with van der Waals surface area (Å²) in [5.74, 6) is 0.904. The second-order valence-electron chi connectivity index (χ2n) is 4.59. The van der Waals surface area contributed by atoms with Crippen molar-refractivity contribution in [2.45, 2.75) is 19.8 Å². The van der Waals surface area contributed by atoms with Gasteiger partial charge < -0.3 is 10.1 Å². The van der Waals surface area contributed by atoms with Gasteiger partial charge in [-0.15, -0.1) is 0 Å². The molecule has 0 bridgehead atoms. The molecule has 0 unspecified atom stereocenters. The Morgan fingerprint density at radius 3 is 2.84 bits per heavy atom. The molecular formula is C16H19NO2. The Balaban J connectivity index is 2.15. The number of carbonyl (C=O) groups is 1. The summed E-state index contributed by atoms with van der Waals surface area (Å²) in [7, 11) is 1.68. The van der Waals surface area contributed by atoms with Crippen molar-refractivity contribution >= 4 is 16.7 Å². The summed E-state index contributed by atoms with van der Waals surface area (Å²) in [6.45, 7) is 2.26. The van der Waals surface area contributed by atoms with Gasteiger partial charge in [-0.2, -0.15) is 0 Å². The molecule has 0 aromatic heterocycles. The Kier molecular flexibility index (Phi) is 4.39. The molecule has 1 amide bonds. The van der Waals surface area contributed by atoms with E-state index in [1.807, 2.05) is 6.07 Å². The van der Waals surface area contributed by atoms with Gasteiger partial charge in [0.2, 0.25) is 5.91 Å². The molecule has 100 valence electrons. The maximum absolute atomic E-state index is 10.8. The molecule has 0 fully saturated rings. The normalized spacial score (nSPS) is 10.4. The Labute approximate surface area is 113 Å². The van der Waals surface area contributed by atoms with Crippen molar-refractivity contribution in [2.24, 2.45) is 0 Å². The monoisotopic (exact) mass is 257 g/mol. The lowest BCUT2D eigenvalue weighted by Gasteiger charge is -2.08. The molecule has 0 radical (unpaired) electrons. The van der Waals surface area contributed by atoms with E-state index in [1.54, 1.807) is 14.0 Å². The van der Waals surface area contributed by atoms with Crippen LogP contribution in [0.15, 0.2) is 36.4 Å². The zero-order chi connectivity index (χ0) is 13.7. The highest BCUT2D eigenvalue weighted by Gasteiger charge is 2.03. The molecule has 0 aliphatic carbocycles. The minimum atomic E-state index is 0.0274. The molecule has 0 aliphatic heterocycles. The number of hydrogen-bond acceptors (Lipinski definition) is 2. The number of benzene rings is 2. The third kappa shape index (κ3) is 3.47. The van der Waals surface area contributed by atoms with Gasteiger partial charge in [0, 0.05) is 13.5 Å². The van der Waals surface area contributed by atoms with E-state index in [-0.39, 0.29) is 5.91 Å². The lowest BCUT2D eigenvalue weighted by molar-refractivity contribution is -0.118. The quantitative estimate of drug-likeness (QED) is 0.836. The number of nitrogens with one attached hydrogen (secondary N) is 1. The maximum atomic E-state index is 10.8. The maximum Gasteiger partial charge on any atom is 0.216 e. The van der Waals surface area contributed by atoms with Crippen molar-refractivity contribution in [2.75, 3.05) is 13.7 Å². The number of rotatable bonds is 5. The highest BCUT2D eigenvalue weighted by Crippen LogP contribution is 2.24. The van der Waals surface area contributed by atoms with Gasteiger partial charge >= 0.3 is 0 Å². The number of hydrogen-bond donors (Lipinski definition) is 1. The van der Waals surface area contributed by atoms with Gasteiger partial charge in [-0.1, -0.05) is 24.3 Å². The summed E-state index contributed by atoms with van der Waals surface area (Å²) in [4.78, 5) is 10.8. The summed E-state index contributed by atoms with van der Waals surface area (Å²) >= 11 is 0. The van der Waals surface area contributed by atoms with E-state index in [1.165, 1.54) is 16.3 Å². The van der Waals surface area contributed by atoms with E-state index < -0.39 is 0 Å². The SMILES string of the molecule is COc1ccc2cccc(CCCNC(C)=O)c2c1. The predicted molar refractivity (Wildman–Crippen MR) is 77.5 cm³/mol. The highest BCUT2D eigenvalue weighted by atomic mass is 16.5. The van der Waals surface area contributed by atoms with Crippen molar-refractivity contribution < 1.29 is 9.53 Å². The van der Waals surface area contributed by atoms with Crippen LogP contribution in [0.25, 0.3) is 10.8 Å². The smallest absolute Gasteiger partial charge is 0.216 e. The summed E-state index contributed by atoms with van der Waals surface area (Å²) in [6.07, 6.45) is 1.89. The summed E-state index contributed by atoms with van der Waals surface area (Å²) < 4.78 is 5.28. The van der Waals surface area contributed by atoms with E-state index in [4.69, 9.17) is 4.74 Å². The van der Waals surface area contributed by atoms with Crippen LogP contribution >= 0.6 is 0 Å². The van der Waals surface area contributed by atoms with Crippen molar-refractivity contribution in [1.82, 2.24) is 5.32 Å².